The van der Waals surface area contributed by atoms with Crippen molar-refractivity contribution in [3.63, 3.8) is 0 Å². The van der Waals surface area contributed by atoms with Gasteiger partial charge in [0, 0.05) is 31.4 Å². The first-order chi connectivity index (χ1) is 8.71. The van der Waals surface area contributed by atoms with Crippen LogP contribution in [0.5, 0.6) is 0 Å². The molecule has 4 heteroatoms. The van der Waals surface area contributed by atoms with Gasteiger partial charge in [-0.1, -0.05) is 20.8 Å². The van der Waals surface area contributed by atoms with E-state index in [9.17, 15) is 0 Å². The summed E-state index contributed by atoms with van der Waals surface area (Å²) in [5.74, 6) is 1.80. The molecule has 18 heavy (non-hydrogen) atoms. The summed E-state index contributed by atoms with van der Waals surface area (Å²) in [6.45, 7) is 11.6. The molecule has 102 valence electrons. The van der Waals surface area contributed by atoms with Gasteiger partial charge in [-0.2, -0.15) is 4.98 Å². The zero-order valence-corrected chi connectivity index (χ0v) is 12.2. The molecule has 0 aromatic carbocycles. The molecule has 0 aliphatic carbocycles. The van der Waals surface area contributed by atoms with Crippen molar-refractivity contribution in [3.05, 3.63) is 11.8 Å². The van der Waals surface area contributed by atoms with Crippen LogP contribution in [0.25, 0.3) is 0 Å². The number of nitrogens with one attached hydrogen (secondary N) is 1. The van der Waals surface area contributed by atoms with Gasteiger partial charge in [0.2, 0.25) is 5.95 Å². The molecule has 1 rings (SSSR count). The molecule has 0 unspecified atom stereocenters. The zero-order valence-electron chi connectivity index (χ0n) is 12.2. The van der Waals surface area contributed by atoms with E-state index in [1.165, 1.54) is 0 Å². The topological polar surface area (TPSA) is 41.1 Å². The minimum absolute atomic E-state index is 0.754. The van der Waals surface area contributed by atoms with E-state index in [0.717, 1.165) is 56.4 Å². The van der Waals surface area contributed by atoms with Gasteiger partial charge in [-0.05, 0) is 26.2 Å². The molecule has 1 aromatic rings. The molecule has 1 heterocycles. The van der Waals surface area contributed by atoms with Gasteiger partial charge in [0.15, 0.2) is 0 Å². The summed E-state index contributed by atoms with van der Waals surface area (Å²) >= 11 is 0. The van der Waals surface area contributed by atoms with Crippen LogP contribution in [0.3, 0.4) is 0 Å². The molecule has 0 aliphatic rings. The summed E-state index contributed by atoms with van der Waals surface area (Å²) < 4.78 is 0. The third kappa shape index (κ3) is 4.51. The normalized spacial score (nSPS) is 10.4. The number of rotatable bonds is 8. The van der Waals surface area contributed by atoms with Crippen LogP contribution in [0.4, 0.5) is 11.8 Å². The minimum Gasteiger partial charge on any atom is -0.356 e. The van der Waals surface area contributed by atoms with Gasteiger partial charge >= 0.3 is 0 Å². The second-order valence-corrected chi connectivity index (χ2v) is 4.60. The van der Waals surface area contributed by atoms with Gasteiger partial charge < -0.3 is 10.2 Å². The van der Waals surface area contributed by atoms with Crippen molar-refractivity contribution in [1.82, 2.24) is 9.97 Å². The molecule has 0 amide bonds. The van der Waals surface area contributed by atoms with E-state index in [0.29, 0.717) is 0 Å². The van der Waals surface area contributed by atoms with Gasteiger partial charge in [-0.3, -0.25) is 0 Å². The summed E-state index contributed by atoms with van der Waals surface area (Å²) in [6.07, 6.45) is 3.36. The van der Waals surface area contributed by atoms with Crippen LogP contribution in [-0.4, -0.2) is 29.6 Å². The van der Waals surface area contributed by atoms with Crippen molar-refractivity contribution in [1.29, 1.82) is 0 Å². The molecule has 0 bridgehead atoms. The Morgan fingerprint density at radius 3 is 2.28 bits per heavy atom. The van der Waals surface area contributed by atoms with E-state index < -0.39 is 0 Å². The van der Waals surface area contributed by atoms with Gasteiger partial charge in [0.25, 0.3) is 0 Å². The molecule has 1 N–H and O–H groups in total. The SMILES string of the molecule is CCCNc1nc(C)cc(N(CCC)CCC)n1. The Morgan fingerprint density at radius 1 is 1.06 bits per heavy atom. The van der Waals surface area contributed by atoms with Crippen molar-refractivity contribution >= 4 is 11.8 Å². The average Bonchev–Trinajstić information content (AvgIpc) is 2.35. The Bertz CT molecular complexity index is 346. The van der Waals surface area contributed by atoms with Crippen LogP contribution in [-0.2, 0) is 0 Å². The predicted molar refractivity (Wildman–Crippen MR) is 78.3 cm³/mol. The Hall–Kier alpha value is -1.32. The fraction of sp³-hybridized carbons (Fsp3) is 0.714. The third-order valence-electron chi connectivity index (χ3n) is 2.68. The van der Waals surface area contributed by atoms with E-state index in [-0.39, 0.29) is 0 Å². The van der Waals surface area contributed by atoms with Crippen molar-refractivity contribution in [2.45, 2.75) is 47.0 Å². The largest absolute Gasteiger partial charge is 0.356 e. The lowest BCUT2D eigenvalue weighted by Gasteiger charge is -2.23. The van der Waals surface area contributed by atoms with E-state index in [1.54, 1.807) is 0 Å². The maximum absolute atomic E-state index is 4.61. The predicted octanol–water partition coefficient (Wildman–Crippen LogP) is 3.23. The lowest BCUT2D eigenvalue weighted by Crippen LogP contribution is -2.26. The number of hydrogen-bond donors (Lipinski definition) is 1. The molecular weight excluding hydrogens is 224 g/mol. The van der Waals surface area contributed by atoms with Gasteiger partial charge in [-0.25, -0.2) is 4.98 Å². The smallest absolute Gasteiger partial charge is 0.224 e. The molecule has 0 saturated heterocycles. The highest BCUT2D eigenvalue weighted by Gasteiger charge is 2.08. The molecule has 0 aliphatic heterocycles. The van der Waals surface area contributed by atoms with E-state index in [2.05, 4.69) is 47.0 Å². The first-order valence-electron chi connectivity index (χ1n) is 7.05. The van der Waals surface area contributed by atoms with E-state index in [4.69, 9.17) is 0 Å². The Morgan fingerprint density at radius 2 is 1.72 bits per heavy atom. The van der Waals surface area contributed by atoms with Crippen LogP contribution >= 0.6 is 0 Å². The number of aromatic nitrogens is 2. The van der Waals surface area contributed by atoms with Crippen LogP contribution in [0.15, 0.2) is 6.07 Å². The highest BCUT2D eigenvalue weighted by Crippen LogP contribution is 2.15. The standard InChI is InChI=1S/C14H26N4/c1-5-8-15-14-16-12(4)11-13(17-14)18(9-6-2)10-7-3/h11H,5-10H2,1-4H3,(H,15,16,17). The van der Waals surface area contributed by atoms with E-state index >= 15 is 0 Å². The van der Waals surface area contributed by atoms with Crippen LogP contribution in [0.2, 0.25) is 0 Å². The maximum Gasteiger partial charge on any atom is 0.224 e. The highest BCUT2D eigenvalue weighted by molar-refractivity contribution is 5.44. The summed E-state index contributed by atoms with van der Waals surface area (Å²) in [5.41, 5.74) is 1.02. The lowest BCUT2D eigenvalue weighted by molar-refractivity contribution is 0.731. The summed E-state index contributed by atoms with van der Waals surface area (Å²) in [7, 11) is 0. The third-order valence-corrected chi connectivity index (χ3v) is 2.68. The first-order valence-corrected chi connectivity index (χ1v) is 7.05. The number of aryl methyl sites for hydroxylation is 1. The summed E-state index contributed by atoms with van der Waals surface area (Å²) in [6, 6.07) is 2.07. The lowest BCUT2D eigenvalue weighted by atomic mass is 10.3. The van der Waals surface area contributed by atoms with Gasteiger partial charge in [0.1, 0.15) is 5.82 Å². The monoisotopic (exact) mass is 250 g/mol. The van der Waals surface area contributed by atoms with Crippen molar-refractivity contribution < 1.29 is 0 Å². The Balaban J connectivity index is 2.87. The molecule has 1 aromatic heterocycles. The molecular formula is C14H26N4. The van der Waals surface area contributed by atoms with E-state index in [1.807, 2.05) is 6.92 Å². The number of nitrogens with zero attached hydrogens (tertiary/aromatic N) is 3. The molecule has 0 atom stereocenters. The zero-order chi connectivity index (χ0) is 13.4. The average molecular weight is 250 g/mol. The molecule has 0 fully saturated rings. The quantitative estimate of drug-likeness (QED) is 0.769. The second kappa shape index (κ2) is 7.90. The van der Waals surface area contributed by atoms with Crippen LogP contribution in [0, 0.1) is 6.92 Å². The second-order valence-electron chi connectivity index (χ2n) is 4.60. The van der Waals surface area contributed by atoms with Gasteiger partial charge in [0.05, 0.1) is 0 Å². The Kier molecular flexibility index (Phi) is 6.47. The first kappa shape index (κ1) is 14.7. The van der Waals surface area contributed by atoms with Crippen LogP contribution < -0.4 is 10.2 Å². The minimum atomic E-state index is 0.754. The van der Waals surface area contributed by atoms with Crippen molar-refractivity contribution in [3.8, 4) is 0 Å². The molecule has 4 nitrogen and oxygen atoms in total. The molecule has 0 spiro atoms. The number of anilines is 2. The highest BCUT2D eigenvalue weighted by atomic mass is 15.2. The molecule has 0 saturated carbocycles. The van der Waals surface area contributed by atoms with Crippen molar-refractivity contribution in [2.75, 3.05) is 29.9 Å². The fourth-order valence-electron chi connectivity index (χ4n) is 1.91. The number of hydrogen-bond acceptors (Lipinski definition) is 4. The maximum atomic E-state index is 4.61. The molecule has 0 radical (unpaired) electrons. The summed E-state index contributed by atoms with van der Waals surface area (Å²) in [4.78, 5) is 11.4. The van der Waals surface area contributed by atoms with Crippen LogP contribution in [0.1, 0.15) is 45.7 Å². The van der Waals surface area contributed by atoms with Gasteiger partial charge in [-0.15, -0.1) is 0 Å². The summed E-state index contributed by atoms with van der Waals surface area (Å²) in [5, 5.41) is 3.27. The fourth-order valence-corrected chi connectivity index (χ4v) is 1.91. The Labute approximate surface area is 111 Å². The van der Waals surface area contributed by atoms with Crippen molar-refractivity contribution in [2.24, 2.45) is 0 Å².